The van der Waals surface area contributed by atoms with Crippen molar-refractivity contribution in [1.82, 2.24) is 0 Å². The molecule has 2 aromatic carbocycles. The van der Waals surface area contributed by atoms with Crippen LogP contribution in [0.2, 0.25) is 0 Å². The van der Waals surface area contributed by atoms with E-state index in [0.717, 1.165) is 23.8 Å². The van der Waals surface area contributed by atoms with Crippen molar-refractivity contribution in [3.63, 3.8) is 0 Å². The van der Waals surface area contributed by atoms with Gasteiger partial charge in [0.1, 0.15) is 16.6 Å². The standard InChI is InChI=1S/C15H13FN2O2S/c1-8-3-2-4-11(13(8)14(17)21)18-15(20)10-7-9(16)5-6-12(10)19/h2-7,19H,1H3,(H2,17,21)(H,18,20). The molecular weight excluding hydrogens is 291 g/mol. The molecule has 4 nitrogen and oxygen atoms in total. The SMILES string of the molecule is Cc1cccc(NC(=O)c2cc(F)ccc2O)c1C(N)=S. The van der Waals surface area contributed by atoms with E-state index in [2.05, 4.69) is 5.32 Å². The third-order valence-corrected chi connectivity index (χ3v) is 3.17. The number of halogens is 1. The molecule has 0 aromatic heterocycles. The Bertz CT molecular complexity index is 732. The zero-order valence-corrected chi connectivity index (χ0v) is 12.0. The number of benzene rings is 2. The molecule has 0 fully saturated rings. The summed E-state index contributed by atoms with van der Waals surface area (Å²) in [6.07, 6.45) is 0. The highest BCUT2D eigenvalue weighted by atomic mass is 32.1. The first kappa shape index (κ1) is 14.9. The van der Waals surface area contributed by atoms with Crippen molar-refractivity contribution in [2.24, 2.45) is 5.73 Å². The quantitative estimate of drug-likeness (QED) is 0.762. The normalized spacial score (nSPS) is 10.2. The van der Waals surface area contributed by atoms with Gasteiger partial charge in [0.15, 0.2) is 0 Å². The van der Waals surface area contributed by atoms with E-state index in [9.17, 15) is 14.3 Å². The van der Waals surface area contributed by atoms with E-state index in [0.29, 0.717) is 11.3 Å². The summed E-state index contributed by atoms with van der Waals surface area (Å²) in [5.74, 6) is -1.56. The number of hydrogen-bond donors (Lipinski definition) is 3. The number of thiocarbonyl (C=S) groups is 1. The van der Waals surface area contributed by atoms with Gasteiger partial charge in [0, 0.05) is 5.56 Å². The zero-order chi connectivity index (χ0) is 15.6. The summed E-state index contributed by atoms with van der Waals surface area (Å²) in [4.78, 5) is 12.3. The largest absolute Gasteiger partial charge is 0.507 e. The summed E-state index contributed by atoms with van der Waals surface area (Å²) in [5, 5.41) is 12.2. The second-order valence-corrected chi connectivity index (χ2v) is 4.92. The molecule has 0 spiro atoms. The van der Waals surface area contributed by atoms with Gasteiger partial charge in [-0.05, 0) is 36.8 Å². The number of carbonyl (C=O) groups excluding carboxylic acids is 1. The number of phenolic OH excluding ortho intramolecular Hbond substituents is 1. The van der Waals surface area contributed by atoms with E-state index in [1.165, 1.54) is 0 Å². The number of nitrogens with two attached hydrogens (primary N) is 1. The van der Waals surface area contributed by atoms with Gasteiger partial charge < -0.3 is 16.2 Å². The van der Waals surface area contributed by atoms with Gasteiger partial charge in [-0.25, -0.2) is 4.39 Å². The van der Waals surface area contributed by atoms with Crippen LogP contribution in [0.5, 0.6) is 5.75 Å². The van der Waals surface area contributed by atoms with Crippen LogP contribution in [0, 0.1) is 12.7 Å². The van der Waals surface area contributed by atoms with Crippen LogP contribution in [-0.2, 0) is 0 Å². The molecule has 0 saturated carbocycles. The van der Waals surface area contributed by atoms with Crippen LogP contribution in [0.4, 0.5) is 10.1 Å². The lowest BCUT2D eigenvalue weighted by Gasteiger charge is -2.13. The highest BCUT2D eigenvalue weighted by Gasteiger charge is 2.15. The average Bonchev–Trinajstić information content (AvgIpc) is 2.41. The molecule has 0 aliphatic rings. The van der Waals surface area contributed by atoms with Gasteiger partial charge in [-0.15, -0.1) is 0 Å². The minimum atomic E-state index is -0.643. The Balaban J connectivity index is 2.39. The number of hydrogen-bond acceptors (Lipinski definition) is 3. The molecule has 2 rings (SSSR count). The first-order valence-corrected chi connectivity index (χ1v) is 6.50. The van der Waals surface area contributed by atoms with Gasteiger partial charge in [-0.1, -0.05) is 24.4 Å². The van der Waals surface area contributed by atoms with Gasteiger partial charge in [0.25, 0.3) is 5.91 Å². The van der Waals surface area contributed by atoms with Crippen molar-refractivity contribution in [2.45, 2.75) is 6.92 Å². The van der Waals surface area contributed by atoms with Crippen molar-refractivity contribution in [1.29, 1.82) is 0 Å². The lowest BCUT2D eigenvalue weighted by molar-refractivity contribution is 0.102. The van der Waals surface area contributed by atoms with Gasteiger partial charge in [-0.3, -0.25) is 4.79 Å². The second-order valence-electron chi connectivity index (χ2n) is 4.48. The third-order valence-electron chi connectivity index (χ3n) is 2.97. The van der Waals surface area contributed by atoms with E-state index >= 15 is 0 Å². The molecule has 0 unspecified atom stereocenters. The van der Waals surface area contributed by atoms with Crippen LogP contribution in [0.3, 0.4) is 0 Å². The van der Waals surface area contributed by atoms with Crippen molar-refractivity contribution >= 4 is 28.8 Å². The number of nitrogens with one attached hydrogen (secondary N) is 1. The number of aryl methyl sites for hydroxylation is 1. The van der Waals surface area contributed by atoms with Crippen molar-refractivity contribution in [3.8, 4) is 5.75 Å². The maximum absolute atomic E-state index is 13.2. The molecule has 2 aromatic rings. The molecule has 108 valence electrons. The van der Waals surface area contributed by atoms with E-state index in [4.69, 9.17) is 18.0 Å². The number of anilines is 1. The maximum Gasteiger partial charge on any atom is 0.259 e. The monoisotopic (exact) mass is 304 g/mol. The van der Waals surface area contributed by atoms with E-state index < -0.39 is 11.7 Å². The average molecular weight is 304 g/mol. The highest BCUT2D eigenvalue weighted by Crippen LogP contribution is 2.23. The minimum Gasteiger partial charge on any atom is -0.507 e. The fourth-order valence-corrected chi connectivity index (χ4v) is 2.25. The van der Waals surface area contributed by atoms with Crippen molar-refractivity contribution < 1.29 is 14.3 Å². The predicted molar refractivity (Wildman–Crippen MR) is 83.1 cm³/mol. The van der Waals surface area contributed by atoms with Crippen LogP contribution >= 0.6 is 12.2 Å². The molecule has 0 aliphatic heterocycles. The highest BCUT2D eigenvalue weighted by molar-refractivity contribution is 7.80. The maximum atomic E-state index is 13.2. The second kappa shape index (κ2) is 5.88. The molecule has 21 heavy (non-hydrogen) atoms. The lowest BCUT2D eigenvalue weighted by Crippen LogP contribution is -2.19. The Morgan fingerprint density at radius 1 is 1.33 bits per heavy atom. The molecule has 4 N–H and O–H groups in total. The summed E-state index contributed by atoms with van der Waals surface area (Å²) in [7, 11) is 0. The predicted octanol–water partition coefficient (Wildman–Crippen LogP) is 2.73. The third kappa shape index (κ3) is 3.17. The van der Waals surface area contributed by atoms with Crippen LogP contribution < -0.4 is 11.1 Å². The number of aromatic hydroxyl groups is 1. The first-order valence-electron chi connectivity index (χ1n) is 6.09. The fraction of sp³-hybridized carbons (Fsp3) is 0.0667. The zero-order valence-electron chi connectivity index (χ0n) is 11.2. The van der Waals surface area contributed by atoms with E-state index in [-0.39, 0.29) is 16.3 Å². The van der Waals surface area contributed by atoms with Gasteiger partial charge >= 0.3 is 0 Å². The molecule has 0 bridgehead atoms. The Kier molecular flexibility index (Phi) is 4.18. The fourth-order valence-electron chi connectivity index (χ4n) is 1.98. The molecule has 6 heteroatoms. The summed E-state index contributed by atoms with van der Waals surface area (Å²) < 4.78 is 13.2. The number of phenols is 1. The molecular formula is C15H13FN2O2S. The minimum absolute atomic E-state index is 0.145. The summed E-state index contributed by atoms with van der Waals surface area (Å²) in [5.41, 5.74) is 7.25. The Hall–Kier alpha value is -2.47. The van der Waals surface area contributed by atoms with E-state index in [1.54, 1.807) is 12.1 Å². The van der Waals surface area contributed by atoms with Gasteiger partial charge in [0.05, 0.1) is 11.3 Å². The molecule has 0 heterocycles. The van der Waals surface area contributed by atoms with Crippen molar-refractivity contribution in [3.05, 3.63) is 58.9 Å². The number of carbonyl (C=O) groups is 1. The Morgan fingerprint density at radius 3 is 2.71 bits per heavy atom. The van der Waals surface area contributed by atoms with Gasteiger partial charge in [-0.2, -0.15) is 0 Å². The number of rotatable bonds is 3. The Morgan fingerprint density at radius 2 is 2.05 bits per heavy atom. The molecule has 0 saturated heterocycles. The molecule has 0 aliphatic carbocycles. The van der Waals surface area contributed by atoms with Gasteiger partial charge in [0.2, 0.25) is 0 Å². The smallest absolute Gasteiger partial charge is 0.259 e. The molecule has 0 radical (unpaired) electrons. The number of amides is 1. The first-order chi connectivity index (χ1) is 9.90. The summed E-state index contributed by atoms with van der Waals surface area (Å²) >= 11 is 4.97. The summed E-state index contributed by atoms with van der Waals surface area (Å²) in [6, 6.07) is 8.33. The van der Waals surface area contributed by atoms with E-state index in [1.807, 2.05) is 13.0 Å². The van der Waals surface area contributed by atoms with Crippen LogP contribution in [0.25, 0.3) is 0 Å². The van der Waals surface area contributed by atoms with Crippen LogP contribution in [0.15, 0.2) is 36.4 Å². The van der Waals surface area contributed by atoms with Crippen molar-refractivity contribution in [2.75, 3.05) is 5.32 Å². The van der Waals surface area contributed by atoms with Crippen LogP contribution in [-0.4, -0.2) is 16.0 Å². The Labute approximate surface area is 126 Å². The molecule has 1 amide bonds. The summed E-state index contributed by atoms with van der Waals surface area (Å²) in [6.45, 7) is 1.81. The van der Waals surface area contributed by atoms with Crippen LogP contribution in [0.1, 0.15) is 21.5 Å². The lowest BCUT2D eigenvalue weighted by atomic mass is 10.1. The topological polar surface area (TPSA) is 75.3 Å². The molecule has 0 atom stereocenters.